The summed E-state index contributed by atoms with van der Waals surface area (Å²) in [6.45, 7) is 9.95. The minimum Gasteiger partial charge on any atom is -0.489 e. The van der Waals surface area contributed by atoms with Crippen LogP contribution in [-0.4, -0.2) is 0 Å². The second-order valence-electron chi connectivity index (χ2n) is 6.70. The average Bonchev–Trinajstić information content (AvgIpc) is 2.52. The first kappa shape index (κ1) is 16.6. The summed E-state index contributed by atoms with van der Waals surface area (Å²) in [6, 6.07) is 14.7. The third-order valence-electron chi connectivity index (χ3n) is 3.98. The van der Waals surface area contributed by atoms with E-state index in [9.17, 15) is 0 Å². The van der Waals surface area contributed by atoms with E-state index in [1.807, 2.05) is 12.1 Å². The molecule has 0 saturated heterocycles. The zero-order valence-corrected chi connectivity index (χ0v) is 14.1. The number of ether oxygens (including phenoxy) is 1. The quantitative estimate of drug-likeness (QED) is 0.876. The maximum Gasteiger partial charge on any atom is 0.123 e. The second-order valence-corrected chi connectivity index (χ2v) is 6.70. The highest BCUT2D eigenvalue weighted by Gasteiger charge is 2.19. The first-order valence-electron chi connectivity index (χ1n) is 7.98. The molecule has 0 heterocycles. The highest BCUT2D eigenvalue weighted by Crippen LogP contribution is 2.33. The summed E-state index contributed by atoms with van der Waals surface area (Å²) in [5.74, 6) is 0.969. The summed E-state index contributed by atoms with van der Waals surface area (Å²) in [6.07, 6.45) is 1.04. The van der Waals surface area contributed by atoms with Crippen LogP contribution in [0, 0.1) is 0 Å². The first-order chi connectivity index (χ1) is 10.5. The maximum absolute atomic E-state index is 6.14. The van der Waals surface area contributed by atoms with Crippen LogP contribution in [0.1, 0.15) is 49.9 Å². The number of hydrogen-bond donors (Lipinski definition) is 1. The van der Waals surface area contributed by atoms with E-state index in [0.717, 1.165) is 23.3 Å². The van der Waals surface area contributed by atoms with Crippen LogP contribution in [0.3, 0.4) is 0 Å². The van der Waals surface area contributed by atoms with Gasteiger partial charge in [-0.25, -0.2) is 0 Å². The molecule has 2 nitrogen and oxygen atoms in total. The van der Waals surface area contributed by atoms with E-state index in [4.69, 9.17) is 10.5 Å². The third kappa shape index (κ3) is 3.89. The topological polar surface area (TPSA) is 35.2 Å². The number of hydrogen-bond acceptors (Lipinski definition) is 2. The minimum atomic E-state index is 0.0634. The Bertz CT molecular complexity index is 626. The van der Waals surface area contributed by atoms with Crippen molar-refractivity contribution in [3.63, 3.8) is 0 Å². The molecule has 0 saturated carbocycles. The smallest absolute Gasteiger partial charge is 0.123 e. The molecule has 2 aromatic rings. The van der Waals surface area contributed by atoms with Gasteiger partial charge in [0.1, 0.15) is 12.4 Å². The van der Waals surface area contributed by atoms with Gasteiger partial charge in [-0.15, -0.1) is 0 Å². The van der Waals surface area contributed by atoms with E-state index >= 15 is 0 Å². The van der Waals surface area contributed by atoms with E-state index in [0.29, 0.717) is 13.2 Å². The number of nitrogens with two attached hydrogens (primary N) is 1. The van der Waals surface area contributed by atoms with E-state index in [1.165, 1.54) is 11.1 Å². The van der Waals surface area contributed by atoms with Gasteiger partial charge in [0, 0.05) is 6.54 Å². The number of rotatable bonds is 5. The van der Waals surface area contributed by atoms with Crippen LogP contribution in [0.4, 0.5) is 0 Å². The molecule has 0 amide bonds. The number of aryl methyl sites for hydroxylation is 1. The molecule has 2 heteroatoms. The van der Waals surface area contributed by atoms with Gasteiger partial charge < -0.3 is 10.5 Å². The summed E-state index contributed by atoms with van der Waals surface area (Å²) < 4.78 is 6.14. The van der Waals surface area contributed by atoms with Crippen LogP contribution in [-0.2, 0) is 25.0 Å². The van der Waals surface area contributed by atoms with Crippen molar-refractivity contribution in [3.05, 3.63) is 64.7 Å². The summed E-state index contributed by atoms with van der Waals surface area (Å²) in [5, 5.41) is 0. The van der Waals surface area contributed by atoms with E-state index < -0.39 is 0 Å². The van der Waals surface area contributed by atoms with E-state index in [2.05, 4.69) is 58.0 Å². The van der Waals surface area contributed by atoms with Crippen molar-refractivity contribution in [2.45, 2.75) is 52.7 Å². The van der Waals surface area contributed by atoms with Crippen molar-refractivity contribution in [1.82, 2.24) is 0 Å². The van der Waals surface area contributed by atoms with Gasteiger partial charge in [0.15, 0.2) is 0 Å². The standard InChI is InChI=1S/C20H27NO/c1-5-15-10-11-19(18(12-15)20(2,3)4)22-14-17-9-7-6-8-16(17)13-21/h6-12H,5,13-14,21H2,1-4H3. The molecule has 0 aliphatic rings. The minimum absolute atomic E-state index is 0.0634. The van der Waals surface area contributed by atoms with Crippen molar-refractivity contribution in [3.8, 4) is 5.75 Å². The molecule has 0 atom stereocenters. The Morgan fingerprint density at radius 3 is 2.27 bits per heavy atom. The monoisotopic (exact) mass is 297 g/mol. The van der Waals surface area contributed by atoms with Gasteiger partial charge in [0.2, 0.25) is 0 Å². The summed E-state index contributed by atoms with van der Waals surface area (Å²) in [4.78, 5) is 0. The maximum atomic E-state index is 6.14. The van der Waals surface area contributed by atoms with Crippen LogP contribution in [0.2, 0.25) is 0 Å². The molecule has 0 aromatic heterocycles. The summed E-state index contributed by atoms with van der Waals surface area (Å²) in [5.41, 5.74) is 10.8. The van der Waals surface area contributed by atoms with Gasteiger partial charge in [-0.05, 0) is 40.2 Å². The Morgan fingerprint density at radius 1 is 1.00 bits per heavy atom. The molecule has 0 spiro atoms. The largest absolute Gasteiger partial charge is 0.489 e. The van der Waals surface area contributed by atoms with Gasteiger partial charge >= 0.3 is 0 Å². The van der Waals surface area contributed by atoms with Crippen LogP contribution in [0.5, 0.6) is 5.75 Å². The zero-order chi connectivity index (χ0) is 16.2. The summed E-state index contributed by atoms with van der Waals surface area (Å²) in [7, 11) is 0. The van der Waals surface area contributed by atoms with Crippen LogP contribution in [0.25, 0.3) is 0 Å². The SMILES string of the molecule is CCc1ccc(OCc2ccccc2CN)c(C(C)(C)C)c1. The second kappa shape index (κ2) is 6.97. The van der Waals surface area contributed by atoms with Gasteiger partial charge in [-0.1, -0.05) is 64.1 Å². The molecular formula is C20H27NO. The molecule has 118 valence electrons. The molecule has 2 N–H and O–H groups in total. The van der Waals surface area contributed by atoms with Gasteiger partial charge in [0.05, 0.1) is 0 Å². The van der Waals surface area contributed by atoms with Crippen LogP contribution in [0.15, 0.2) is 42.5 Å². The summed E-state index contributed by atoms with van der Waals surface area (Å²) >= 11 is 0. The lowest BCUT2D eigenvalue weighted by Crippen LogP contribution is -2.14. The van der Waals surface area contributed by atoms with Gasteiger partial charge in [-0.2, -0.15) is 0 Å². The Labute approximate surface area is 134 Å². The predicted octanol–water partition coefficient (Wildman–Crippen LogP) is 4.58. The van der Waals surface area contributed by atoms with E-state index in [-0.39, 0.29) is 5.41 Å². The fourth-order valence-electron chi connectivity index (χ4n) is 2.56. The van der Waals surface area contributed by atoms with Crippen molar-refractivity contribution in [1.29, 1.82) is 0 Å². The van der Waals surface area contributed by atoms with E-state index in [1.54, 1.807) is 0 Å². The molecule has 0 aliphatic carbocycles. The number of benzene rings is 2. The molecule has 22 heavy (non-hydrogen) atoms. The van der Waals surface area contributed by atoms with Gasteiger partial charge in [-0.3, -0.25) is 0 Å². The average molecular weight is 297 g/mol. The fourth-order valence-corrected chi connectivity index (χ4v) is 2.56. The normalized spacial score (nSPS) is 11.5. The first-order valence-corrected chi connectivity index (χ1v) is 7.98. The highest BCUT2D eigenvalue weighted by atomic mass is 16.5. The predicted molar refractivity (Wildman–Crippen MR) is 93.2 cm³/mol. The molecular weight excluding hydrogens is 270 g/mol. The Balaban J connectivity index is 2.26. The van der Waals surface area contributed by atoms with Gasteiger partial charge in [0.25, 0.3) is 0 Å². The molecule has 0 fully saturated rings. The molecule has 2 aromatic carbocycles. The Hall–Kier alpha value is -1.80. The van der Waals surface area contributed by atoms with Crippen molar-refractivity contribution in [2.75, 3.05) is 0 Å². The van der Waals surface area contributed by atoms with Crippen LogP contribution >= 0.6 is 0 Å². The highest BCUT2D eigenvalue weighted by molar-refractivity contribution is 5.42. The molecule has 0 bridgehead atoms. The molecule has 0 radical (unpaired) electrons. The van der Waals surface area contributed by atoms with Crippen LogP contribution < -0.4 is 10.5 Å². The van der Waals surface area contributed by atoms with Crippen molar-refractivity contribution < 1.29 is 4.74 Å². The molecule has 2 rings (SSSR count). The molecule has 0 unspecified atom stereocenters. The zero-order valence-electron chi connectivity index (χ0n) is 14.1. The Kier molecular flexibility index (Phi) is 5.25. The van der Waals surface area contributed by atoms with Crippen molar-refractivity contribution in [2.24, 2.45) is 5.73 Å². The lowest BCUT2D eigenvalue weighted by Gasteiger charge is -2.24. The van der Waals surface area contributed by atoms with Crippen molar-refractivity contribution >= 4 is 0 Å². The molecule has 0 aliphatic heterocycles. The third-order valence-corrected chi connectivity index (χ3v) is 3.98. The lowest BCUT2D eigenvalue weighted by atomic mass is 9.85. The fraction of sp³-hybridized carbons (Fsp3) is 0.400. The Morgan fingerprint density at radius 2 is 1.68 bits per heavy atom. The lowest BCUT2D eigenvalue weighted by molar-refractivity contribution is 0.296.